The summed E-state index contributed by atoms with van der Waals surface area (Å²) in [5.74, 6) is 1.98. The van der Waals surface area contributed by atoms with Crippen molar-refractivity contribution in [3.63, 3.8) is 0 Å². The number of aromatic amines is 2. The van der Waals surface area contributed by atoms with Gasteiger partial charge in [0.25, 0.3) is 0 Å². The monoisotopic (exact) mass is 427 g/mol. The highest BCUT2D eigenvalue weighted by atomic mass is 16.5. The fourth-order valence-corrected chi connectivity index (χ4v) is 4.81. The van der Waals surface area contributed by atoms with E-state index in [-0.39, 0.29) is 0 Å². The van der Waals surface area contributed by atoms with Gasteiger partial charge >= 0.3 is 0 Å². The summed E-state index contributed by atoms with van der Waals surface area (Å²) < 4.78 is 5.64. The zero-order chi connectivity index (χ0) is 21.7. The molecular formula is C24H25N7O. The van der Waals surface area contributed by atoms with Crippen LogP contribution in [-0.4, -0.2) is 43.4 Å². The number of benzene rings is 1. The largest absolute Gasteiger partial charge is 0.354 e. The van der Waals surface area contributed by atoms with E-state index in [0.29, 0.717) is 17.7 Å². The minimum absolute atomic E-state index is 0.294. The molecule has 3 N–H and O–H groups in total. The van der Waals surface area contributed by atoms with Crippen molar-refractivity contribution >= 4 is 21.9 Å². The fourth-order valence-electron chi connectivity index (χ4n) is 4.81. The zero-order valence-corrected chi connectivity index (χ0v) is 18.1. The second kappa shape index (κ2) is 7.56. The highest BCUT2D eigenvalue weighted by Crippen LogP contribution is 2.39. The van der Waals surface area contributed by atoms with Gasteiger partial charge in [0.1, 0.15) is 0 Å². The van der Waals surface area contributed by atoms with E-state index in [4.69, 9.17) is 9.51 Å². The predicted molar refractivity (Wildman–Crippen MR) is 123 cm³/mol. The number of piperidine rings is 1. The molecule has 1 atom stereocenters. The standard InChI is InChI=1S/C24H25N7O/c1-13(2)20-17-10-14(22-29-24(32-31-22)15-4-3-8-25-11-15)5-6-19(17)28-21(20)16-7-9-26-23-18(16)12-27-30-23/h5-7,9-10,12-13,15,25,28H,3-4,8,11H2,1-2H3,(H,26,27,30). The molecule has 5 aromatic rings. The summed E-state index contributed by atoms with van der Waals surface area (Å²) in [6.07, 6.45) is 5.87. The third-order valence-electron chi connectivity index (χ3n) is 6.39. The van der Waals surface area contributed by atoms with Crippen LogP contribution in [0.2, 0.25) is 0 Å². The summed E-state index contributed by atoms with van der Waals surface area (Å²) in [6.45, 7) is 6.39. The van der Waals surface area contributed by atoms with E-state index in [1.54, 1.807) is 0 Å². The van der Waals surface area contributed by atoms with Gasteiger partial charge in [-0.2, -0.15) is 10.1 Å². The molecule has 1 fully saturated rings. The molecule has 1 aromatic carbocycles. The first-order valence-electron chi connectivity index (χ1n) is 11.2. The van der Waals surface area contributed by atoms with Gasteiger partial charge in [0.05, 0.1) is 17.8 Å². The van der Waals surface area contributed by atoms with E-state index in [1.807, 2.05) is 18.5 Å². The zero-order valence-electron chi connectivity index (χ0n) is 18.1. The van der Waals surface area contributed by atoms with Crippen molar-refractivity contribution in [3.8, 4) is 22.6 Å². The maximum Gasteiger partial charge on any atom is 0.231 e. The van der Waals surface area contributed by atoms with E-state index in [9.17, 15) is 0 Å². The van der Waals surface area contributed by atoms with Crippen molar-refractivity contribution in [2.45, 2.75) is 38.5 Å². The van der Waals surface area contributed by atoms with Crippen LogP contribution in [0.5, 0.6) is 0 Å². The van der Waals surface area contributed by atoms with Gasteiger partial charge in [-0.25, -0.2) is 4.98 Å². The summed E-state index contributed by atoms with van der Waals surface area (Å²) in [5.41, 5.74) is 6.29. The highest BCUT2D eigenvalue weighted by molar-refractivity contribution is 5.99. The number of hydrogen-bond acceptors (Lipinski definition) is 6. The van der Waals surface area contributed by atoms with Crippen LogP contribution in [-0.2, 0) is 0 Å². The molecule has 0 saturated carbocycles. The van der Waals surface area contributed by atoms with Gasteiger partial charge in [-0.1, -0.05) is 19.0 Å². The molecule has 4 aromatic heterocycles. The Kier molecular flexibility index (Phi) is 4.53. The number of nitrogens with one attached hydrogen (secondary N) is 3. The van der Waals surface area contributed by atoms with Gasteiger partial charge in [-0.3, -0.25) is 5.10 Å². The molecule has 0 radical (unpaired) electrons. The molecular weight excluding hydrogens is 402 g/mol. The highest BCUT2D eigenvalue weighted by Gasteiger charge is 2.23. The van der Waals surface area contributed by atoms with Crippen LogP contribution in [0.15, 0.2) is 41.2 Å². The van der Waals surface area contributed by atoms with E-state index in [2.05, 4.69) is 62.7 Å². The summed E-state index contributed by atoms with van der Waals surface area (Å²) in [4.78, 5) is 12.8. The lowest BCUT2D eigenvalue weighted by Crippen LogP contribution is -2.28. The summed E-state index contributed by atoms with van der Waals surface area (Å²) in [6, 6.07) is 8.37. The normalized spacial score (nSPS) is 17.0. The number of pyridine rings is 1. The molecule has 32 heavy (non-hydrogen) atoms. The van der Waals surface area contributed by atoms with Gasteiger partial charge in [0, 0.05) is 40.2 Å². The van der Waals surface area contributed by atoms with E-state index in [0.717, 1.165) is 65.2 Å². The smallest absolute Gasteiger partial charge is 0.231 e. The number of rotatable bonds is 4. The molecule has 0 spiro atoms. The molecule has 8 nitrogen and oxygen atoms in total. The second-order valence-corrected chi connectivity index (χ2v) is 8.82. The third kappa shape index (κ3) is 3.10. The summed E-state index contributed by atoms with van der Waals surface area (Å²) in [5, 5.41) is 17.0. The molecule has 6 rings (SSSR count). The maximum atomic E-state index is 5.64. The molecule has 1 aliphatic rings. The lowest BCUT2D eigenvalue weighted by atomic mass is 9.95. The topological polar surface area (TPSA) is 108 Å². The quantitative estimate of drug-likeness (QED) is 0.382. The predicted octanol–water partition coefficient (Wildman–Crippen LogP) is 4.75. The van der Waals surface area contributed by atoms with Gasteiger partial charge in [0.2, 0.25) is 11.7 Å². The lowest BCUT2D eigenvalue weighted by molar-refractivity contribution is 0.322. The fraction of sp³-hybridized carbons (Fsp3) is 0.333. The minimum Gasteiger partial charge on any atom is -0.354 e. The summed E-state index contributed by atoms with van der Waals surface area (Å²) >= 11 is 0. The van der Waals surface area contributed by atoms with Crippen LogP contribution in [0.4, 0.5) is 0 Å². The molecule has 162 valence electrons. The van der Waals surface area contributed by atoms with Gasteiger partial charge in [-0.05, 0) is 55.1 Å². The van der Waals surface area contributed by atoms with Crippen molar-refractivity contribution in [1.29, 1.82) is 0 Å². The van der Waals surface area contributed by atoms with Crippen LogP contribution in [0.25, 0.3) is 44.6 Å². The first kappa shape index (κ1) is 19.2. The SMILES string of the molecule is CC(C)c1c(-c2ccnc3[nH]ncc23)[nH]c2ccc(-c3noc(C4CCCNC4)n3)cc12. The number of nitrogens with zero attached hydrogens (tertiary/aromatic N) is 4. The van der Waals surface area contributed by atoms with Crippen molar-refractivity contribution in [3.05, 3.63) is 48.1 Å². The van der Waals surface area contributed by atoms with Crippen LogP contribution in [0.3, 0.4) is 0 Å². The molecule has 5 heterocycles. The Hall–Kier alpha value is -3.52. The molecule has 0 amide bonds. The molecule has 0 bridgehead atoms. The van der Waals surface area contributed by atoms with Crippen molar-refractivity contribution in [1.82, 2.24) is 35.6 Å². The number of aromatic nitrogens is 6. The molecule has 1 saturated heterocycles. The Balaban J connectivity index is 1.46. The van der Waals surface area contributed by atoms with Crippen molar-refractivity contribution in [2.75, 3.05) is 13.1 Å². The Morgan fingerprint density at radius 3 is 2.94 bits per heavy atom. The van der Waals surface area contributed by atoms with Crippen LogP contribution in [0, 0.1) is 0 Å². The number of hydrogen-bond donors (Lipinski definition) is 3. The molecule has 0 aliphatic carbocycles. The van der Waals surface area contributed by atoms with Gasteiger partial charge in [-0.15, -0.1) is 0 Å². The number of fused-ring (bicyclic) bond motifs is 2. The van der Waals surface area contributed by atoms with Crippen molar-refractivity contribution in [2.24, 2.45) is 0 Å². The number of H-pyrrole nitrogens is 2. The van der Waals surface area contributed by atoms with Crippen LogP contribution < -0.4 is 5.32 Å². The molecule has 1 unspecified atom stereocenters. The summed E-state index contributed by atoms with van der Waals surface area (Å²) in [7, 11) is 0. The van der Waals surface area contributed by atoms with Crippen LogP contribution in [0.1, 0.15) is 50.0 Å². The van der Waals surface area contributed by atoms with E-state index >= 15 is 0 Å². The van der Waals surface area contributed by atoms with Gasteiger partial charge in [0.15, 0.2) is 5.65 Å². The molecule has 8 heteroatoms. The second-order valence-electron chi connectivity index (χ2n) is 8.82. The van der Waals surface area contributed by atoms with E-state index < -0.39 is 0 Å². The lowest BCUT2D eigenvalue weighted by Gasteiger charge is -2.18. The Bertz CT molecular complexity index is 1400. The van der Waals surface area contributed by atoms with E-state index in [1.165, 1.54) is 10.9 Å². The third-order valence-corrected chi connectivity index (χ3v) is 6.39. The maximum absolute atomic E-state index is 5.64. The van der Waals surface area contributed by atoms with Crippen LogP contribution >= 0.6 is 0 Å². The first-order valence-corrected chi connectivity index (χ1v) is 11.2. The molecule has 1 aliphatic heterocycles. The first-order chi connectivity index (χ1) is 15.7. The Labute approximate surface area is 184 Å². The minimum atomic E-state index is 0.294. The Morgan fingerprint density at radius 2 is 2.09 bits per heavy atom. The average molecular weight is 428 g/mol. The van der Waals surface area contributed by atoms with Crippen molar-refractivity contribution < 1.29 is 4.52 Å². The van der Waals surface area contributed by atoms with Gasteiger partial charge < -0.3 is 14.8 Å². The Morgan fingerprint density at radius 1 is 1.16 bits per heavy atom. The average Bonchev–Trinajstić information content (AvgIpc) is 3.56.